The molecule has 0 amide bonds. The first kappa shape index (κ1) is 14.3. The molecule has 0 atom stereocenters. The van der Waals surface area contributed by atoms with E-state index in [1.807, 2.05) is 0 Å². The Morgan fingerprint density at radius 2 is 1.76 bits per heavy atom. The molecule has 2 heteroatoms. The summed E-state index contributed by atoms with van der Waals surface area (Å²) in [5.41, 5.74) is 5.73. The summed E-state index contributed by atoms with van der Waals surface area (Å²) in [6.07, 6.45) is 2.19. The van der Waals surface area contributed by atoms with Gasteiger partial charge in [-0.05, 0) is 80.1 Å². The molecule has 1 aliphatic rings. The molecule has 0 unspecified atom stereocenters. The third kappa shape index (κ3) is 3.16. The van der Waals surface area contributed by atoms with Gasteiger partial charge in [-0.2, -0.15) is 0 Å². The highest BCUT2D eigenvalue weighted by Crippen LogP contribution is 2.31. The van der Waals surface area contributed by atoms with Crippen LogP contribution in [0.5, 0.6) is 0 Å². The van der Waals surface area contributed by atoms with Crippen LogP contribution in [-0.4, -0.2) is 13.1 Å². The summed E-state index contributed by atoms with van der Waals surface area (Å²) in [6, 6.07) is 11.9. The molecular formula is C19H22FN. The number of piperidine rings is 1. The average molecular weight is 283 g/mol. The van der Waals surface area contributed by atoms with E-state index in [9.17, 15) is 4.39 Å². The fourth-order valence-corrected chi connectivity index (χ4v) is 3.30. The first-order valence-electron chi connectivity index (χ1n) is 7.72. The van der Waals surface area contributed by atoms with Crippen LogP contribution in [0.1, 0.15) is 35.4 Å². The van der Waals surface area contributed by atoms with E-state index in [-0.39, 0.29) is 5.82 Å². The van der Waals surface area contributed by atoms with Crippen molar-refractivity contribution >= 4 is 0 Å². The van der Waals surface area contributed by atoms with Gasteiger partial charge in [0, 0.05) is 0 Å². The van der Waals surface area contributed by atoms with Crippen molar-refractivity contribution in [2.75, 3.05) is 13.1 Å². The van der Waals surface area contributed by atoms with E-state index in [1.165, 1.54) is 11.1 Å². The minimum Gasteiger partial charge on any atom is -0.317 e. The van der Waals surface area contributed by atoms with Crippen LogP contribution in [0.4, 0.5) is 4.39 Å². The number of nitrogens with one attached hydrogen (secondary N) is 1. The van der Waals surface area contributed by atoms with Gasteiger partial charge in [-0.15, -0.1) is 0 Å². The summed E-state index contributed by atoms with van der Waals surface area (Å²) < 4.78 is 14.1. The lowest BCUT2D eigenvalue weighted by Gasteiger charge is -2.23. The van der Waals surface area contributed by atoms with E-state index < -0.39 is 0 Å². The highest BCUT2D eigenvalue weighted by molar-refractivity contribution is 5.68. The average Bonchev–Trinajstić information content (AvgIpc) is 2.47. The number of halogens is 1. The fourth-order valence-electron chi connectivity index (χ4n) is 3.30. The molecule has 2 aromatic carbocycles. The van der Waals surface area contributed by atoms with E-state index in [2.05, 4.69) is 43.4 Å². The largest absolute Gasteiger partial charge is 0.317 e. The Kier molecular flexibility index (Phi) is 4.07. The third-order valence-corrected chi connectivity index (χ3v) is 4.42. The number of aryl methyl sites for hydroxylation is 2. The Morgan fingerprint density at radius 3 is 2.48 bits per heavy atom. The van der Waals surface area contributed by atoms with Gasteiger partial charge in [0.25, 0.3) is 0 Å². The van der Waals surface area contributed by atoms with Crippen molar-refractivity contribution in [3.63, 3.8) is 0 Å². The van der Waals surface area contributed by atoms with E-state index in [1.54, 1.807) is 12.1 Å². The molecule has 1 fully saturated rings. The second-order valence-corrected chi connectivity index (χ2v) is 6.12. The molecule has 1 heterocycles. The Balaban J connectivity index is 2.00. The minimum atomic E-state index is -0.124. The second-order valence-electron chi connectivity index (χ2n) is 6.12. The van der Waals surface area contributed by atoms with Crippen LogP contribution in [0.25, 0.3) is 11.1 Å². The van der Waals surface area contributed by atoms with Crippen LogP contribution in [0.2, 0.25) is 0 Å². The van der Waals surface area contributed by atoms with Crippen LogP contribution in [0.15, 0.2) is 36.4 Å². The normalized spacial score (nSPS) is 16.1. The van der Waals surface area contributed by atoms with Gasteiger partial charge >= 0.3 is 0 Å². The van der Waals surface area contributed by atoms with Gasteiger partial charge in [0.1, 0.15) is 5.82 Å². The molecule has 0 aromatic heterocycles. The van der Waals surface area contributed by atoms with E-state index >= 15 is 0 Å². The molecule has 1 aliphatic heterocycles. The number of hydrogen-bond donors (Lipinski definition) is 1. The predicted molar refractivity (Wildman–Crippen MR) is 86.2 cm³/mol. The first-order valence-corrected chi connectivity index (χ1v) is 7.72. The summed E-state index contributed by atoms with van der Waals surface area (Å²) in [7, 11) is 0. The highest BCUT2D eigenvalue weighted by atomic mass is 19.1. The van der Waals surface area contributed by atoms with Crippen molar-refractivity contribution in [3.05, 3.63) is 58.9 Å². The Bertz CT molecular complexity index is 642. The molecule has 1 N–H and O–H groups in total. The fraction of sp³-hybridized carbons (Fsp3) is 0.368. The van der Waals surface area contributed by atoms with E-state index in [0.717, 1.165) is 42.6 Å². The van der Waals surface area contributed by atoms with Crippen LogP contribution >= 0.6 is 0 Å². The van der Waals surface area contributed by atoms with Crippen molar-refractivity contribution in [2.24, 2.45) is 0 Å². The lowest BCUT2D eigenvalue weighted by Crippen LogP contribution is -2.26. The summed E-state index contributed by atoms with van der Waals surface area (Å²) in [5, 5.41) is 3.37. The van der Waals surface area contributed by atoms with Gasteiger partial charge < -0.3 is 5.32 Å². The molecular weight excluding hydrogens is 261 g/mol. The molecule has 0 saturated carbocycles. The maximum absolute atomic E-state index is 14.1. The molecule has 1 saturated heterocycles. The van der Waals surface area contributed by atoms with Crippen LogP contribution in [-0.2, 0) is 0 Å². The number of rotatable bonds is 2. The number of hydrogen-bond acceptors (Lipinski definition) is 1. The van der Waals surface area contributed by atoms with E-state index in [4.69, 9.17) is 0 Å². The SMILES string of the molecule is Cc1ccc(-c2cc(F)cc(C3CCNCC3)c2)c(C)c1. The molecule has 1 nitrogen and oxygen atoms in total. The second kappa shape index (κ2) is 5.98. The van der Waals surface area contributed by atoms with Gasteiger partial charge in [0.05, 0.1) is 0 Å². The van der Waals surface area contributed by atoms with Crippen molar-refractivity contribution in [1.29, 1.82) is 0 Å². The lowest BCUT2D eigenvalue weighted by atomic mass is 9.87. The van der Waals surface area contributed by atoms with Crippen LogP contribution in [0, 0.1) is 19.7 Å². The summed E-state index contributed by atoms with van der Waals surface area (Å²) >= 11 is 0. The van der Waals surface area contributed by atoms with Crippen molar-refractivity contribution < 1.29 is 4.39 Å². The smallest absolute Gasteiger partial charge is 0.124 e. The quantitative estimate of drug-likeness (QED) is 0.851. The zero-order chi connectivity index (χ0) is 14.8. The Hall–Kier alpha value is -1.67. The molecule has 0 aliphatic carbocycles. The van der Waals surface area contributed by atoms with Crippen molar-refractivity contribution in [2.45, 2.75) is 32.6 Å². The van der Waals surface area contributed by atoms with Gasteiger partial charge in [-0.25, -0.2) is 4.39 Å². The summed E-state index contributed by atoms with van der Waals surface area (Å²) in [6.45, 7) is 6.24. The standard InChI is InChI=1S/C19H22FN/c1-13-3-4-19(14(2)9-13)17-10-16(11-18(20)12-17)15-5-7-21-8-6-15/h3-4,9-12,15,21H,5-8H2,1-2H3. The number of benzene rings is 2. The van der Waals surface area contributed by atoms with Gasteiger partial charge in [0.15, 0.2) is 0 Å². The van der Waals surface area contributed by atoms with Gasteiger partial charge in [-0.1, -0.05) is 29.8 Å². The third-order valence-electron chi connectivity index (χ3n) is 4.42. The maximum Gasteiger partial charge on any atom is 0.124 e. The van der Waals surface area contributed by atoms with Crippen LogP contribution < -0.4 is 5.32 Å². The van der Waals surface area contributed by atoms with E-state index in [0.29, 0.717) is 5.92 Å². The Labute approximate surface area is 126 Å². The molecule has 110 valence electrons. The highest BCUT2D eigenvalue weighted by Gasteiger charge is 2.17. The maximum atomic E-state index is 14.1. The van der Waals surface area contributed by atoms with Gasteiger partial charge in [-0.3, -0.25) is 0 Å². The molecule has 0 bridgehead atoms. The zero-order valence-electron chi connectivity index (χ0n) is 12.7. The molecule has 21 heavy (non-hydrogen) atoms. The van der Waals surface area contributed by atoms with Gasteiger partial charge in [0.2, 0.25) is 0 Å². The molecule has 3 rings (SSSR count). The predicted octanol–water partition coefficient (Wildman–Crippen LogP) is 4.58. The first-order chi connectivity index (χ1) is 10.1. The molecule has 0 radical (unpaired) electrons. The zero-order valence-corrected chi connectivity index (χ0v) is 12.7. The molecule has 0 spiro atoms. The Morgan fingerprint density at radius 1 is 1.00 bits per heavy atom. The monoisotopic (exact) mass is 283 g/mol. The summed E-state index contributed by atoms with van der Waals surface area (Å²) in [5.74, 6) is 0.354. The topological polar surface area (TPSA) is 12.0 Å². The van der Waals surface area contributed by atoms with Crippen molar-refractivity contribution in [3.8, 4) is 11.1 Å². The van der Waals surface area contributed by atoms with Crippen molar-refractivity contribution in [1.82, 2.24) is 5.32 Å². The van der Waals surface area contributed by atoms with Crippen LogP contribution in [0.3, 0.4) is 0 Å². The molecule has 2 aromatic rings. The summed E-state index contributed by atoms with van der Waals surface area (Å²) in [4.78, 5) is 0. The lowest BCUT2D eigenvalue weighted by molar-refractivity contribution is 0.458. The minimum absolute atomic E-state index is 0.124.